The molecule has 0 radical (unpaired) electrons. The molecular formula is C15H20N6O2S. The number of carbonyl (C=O) groups is 2. The van der Waals surface area contributed by atoms with Crippen LogP contribution in [0.4, 0.5) is 16.6 Å². The lowest BCUT2D eigenvalue weighted by Crippen LogP contribution is -2.42. The SMILES string of the molecule is CCC(C(N)=O)N(C)c1ccc(C(N)=O)c(Nc2cc(C)ns2)n1. The Kier molecular flexibility index (Phi) is 5.35. The summed E-state index contributed by atoms with van der Waals surface area (Å²) in [5.74, 6) is -0.208. The highest BCUT2D eigenvalue weighted by Crippen LogP contribution is 2.26. The van der Waals surface area contributed by atoms with Crippen LogP contribution >= 0.6 is 11.5 Å². The number of carbonyl (C=O) groups excluding carboxylic acids is 2. The summed E-state index contributed by atoms with van der Waals surface area (Å²) in [6.07, 6.45) is 0.544. The topological polar surface area (TPSA) is 127 Å². The summed E-state index contributed by atoms with van der Waals surface area (Å²) in [4.78, 5) is 29.3. The fraction of sp³-hybridized carbons (Fsp3) is 0.333. The molecule has 2 aromatic rings. The van der Waals surface area contributed by atoms with Crippen LogP contribution in [-0.4, -0.2) is 34.3 Å². The first kappa shape index (κ1) is 17.7. The smallest absolute Gasteiger partial charge is 0.252 e. The Hall–Kier alpha value is -2.68. The number of hydrogen-bond donors (Lipinski definition) is 3. The number of aryl methyl sites for hydroxylation is 1. The molecule has 0 saturated heterocycles. The summed E-state index contributed by atoms with van der Waals surface area (Å²) in [7, 11) is 1.73. The summed E-state index contributed by atoms with van der Waals surface area (Å²) < 4.78 is 4.17. The number of anilines is 3. The van der Waals surface area contributed by atoms with Crippen LogP contribution < -0.4 is 21.7 Å². The first-order valence-electron chi connectivity index (χ1n) is 7.36. The van der Waals surface area contributed by atoms with Crippen molar-refractivity contribution >= 4 is 40.0 Å². The lowest BCUT2D eigenvalue weighted by Gasteiger charge is -2.26. The van der Waals surface area contributed by atoms with Crippen LogP contribution in [0.5, 0.6) is 0 Å². The molecule has 0 bridgehead atoms. The lowest BCUT2D eigenvalue weighted by molar-refractivity contribution is -0.119. The number of nitrogens with one attached hydrogen (secondary N) is 1. The molecule has 9 heteroatoms. The van der Waals surface area contributed by atoms with Gasteiger partial charge < -0.3 is 21.7 Å². The van der Waals surface area contributed by atoms with E-state index in [1.165, 1.54) is 11.5 Å². The van der Waals surface area contributed by atoms with Gasteiger partial charge in [-0.15, -0.1) is 0 Å². The van der Waals surface area contributed by atoms with Crippen LogP contribution in [0.1, 0.15) is 29.4 Å². The van der Waals surface area contributed by atoms with Crippen molar-refractivity contribution in [2.24, 2.45) is 11.5 Å². The maximum atomic E-state index is 11.6. The van der Waals surface area contributed by atoms with Crippen molar-refractivity contribution in [1.82, 2.24) is 9.36 Å². The van der Waals surface area contributed by atoms with E-state index in [9.17, 15) is 9.59 Å². The van der Waals surface area contributed by atoms with Gasteiger partial charge in [0.15, 0.2) is 0 Å². The average molecular weight is 348 g/mol. The van der Waals surface area contributed by atoms with E-state index in [2.05, 4.69) is 14.7 Å². The minimum atomic E-state index is -0.595. The van der Waals surface area contributed by atoms with E-state index in [4.69, 9.17) is 11.5 Å². The van der Waals surface area contributed by atoms with E-state index >= 15 is 0 Å². The van der Waals surface area contributed by atoms with Gasteiger partial charge >= 0.3 is 0 Å². The van der Waals surface area contributed by atoms with Crippen LogP contribution in [0.2, 0.25) is 0 Å². The first-order valence-corrected chi connectivity index (χ1v) is 8.14. The molecule has 0 fully saturated rings. The minimum Gasteiger partial charge on any atom is -0.368 e. The van der Waals surface area contributed by atoms with Crippen molar-refractivity contribution in [3.8, 4) is 0 Å². The average Bonchev–Trinajstić information content (AvgIpc) is 2.92. The van der Waals surface area contributed by atoms with E-state index in [0.29, 0.717) is 18.1 Å². The molecule has 0 aliphatic carbocycles. The van der Waals surface area contributed by atoms with E-state index in [-0.39, 0.29) is 5.56 Å². The highest BCUT2D eigenvalue weighted by Gasteiger charge is 2.21. The second-order valence-electron chi connectivity index (χ2n) is 5.32. The Balaban J connectivity index is 2.40. The molecule has 2 aromatic heterocycles. The van der Waals surface area contributed by atoms with E-state index in [0.717, 1.165) is 10.7 Å². The summed E-state index contributed by atoms with van der Waals surface area (Å²) in [6, 6.07) is 4.56. The molecule has 8 nitrogen and oxygen atoms in total. The Labute approximate surface area is 144 Å². The van der Waals surface area contributed by atoms with Gasteiger partial charge in [-0.25, -0.2) is 4.98 Å². The summed E-state index contributed by atoms with van der Waals surface area (Å²) >= 11 is 1.25. The molecule has 1 atom stereocenters. The number of likely N-dealkylation sites (N-methyl/N-ethyl adjacent to an activating group) is 1. The van der Waals surface area contributed by atoms with Crippen LogP contribution in [0.25, 0.3) is 0 Å². The quantitative estimate of drug-likeness (QED) is 0.694. The van der Waals surface area contributed by atoms with Crippen molar-refractivity contribution in [2.75, 3.05) is 17.3 Å². The van der Waals surface area contributed by atoms with Crippen LogP contribution in [-0.2, 0) is 4.79 Å². The van der Waals surface area contributed by atoms with Crippen molar-refractivity contribution < 1.29 is 9.59 Å². The highest BCUT2D eigenvalue weighted by molar-refractivity contribution is 7.10. The van der Waals surface area contributed by atoms with Gasteiger partial charge in [-0.05, 0) is 43.1 Å². The third-order valence-corrected chi connectivity index (χ3v) is 4.36. The van der Waals surface area contributed by atoms with Crippen LogP contribution in [0.3, 0.4) is 0 Å². The molecule has 128 valence electrons. The van der Waals surface area contributed by atoms with Crippen molar-refractivity contribution in [1.29, 1.82) is 0 Å². The number of aromatic nitrogens is 2. The number of hydrogen-bond acceptors (Lipinski definition) is 7. The predicted molar refractivity (Wildman–Crippen MR) is 94.6 cm³/mol. The second kappa shape index (κ2) is 7.26. The Morgan fingerprint density at radius 2 is 2.08 bits per heavy atom. The van der Waals surface area contributed by atoms with Gasteiger partial charge in [0.25, 0.3) is 5.91 Å². The Bertz CT molecular complexity index is 760. The third kappa shape index (κ3) is 3.80. The van der Waals surface area contributed by atoms with Gasteiger partial charge in [0.1, 0.15) is 22.7 Å². The Morgan fingerprint density at radius 1 is 1.38 bits per heavy atom. The standard InChI is InChI=1S/C15H20N6O2S/c1-4-10(14(17)23)21(3)11-6-5-9(13(16)22)15(18-11)19-12-7-8(2)20-24-12/h5-7,10H,4H2,1-3H3,(H2,16,22)(H2,17,23)(H,18,19). The first-order chi connectivity index (χ1) is 11.3. The fourth-order valence-corrected chi connectivity index (χ4v) is 2.96. The van der Waals surface area contributed by atoms with Gasteiger partial charge in [-0.3, -0.25) is 9.59 Å². The predicted octanol–water partition coefficient (Wildman–Crippen LogP) is 1.39. The number of rotatable bonds is 7. The molecule has 2 rings (SSSR count). The van der Waals surface area contributed by atoms with Crippen LogP contribution in [0.15, 0.2) is 18.2 Å². The summed E-state index contributed by atoms with van der Waals surface area (Å²) in [5, 5.41) is 3.80. The number of pyridine rings is 1. The number of nitrogens with zero attached hydrogens (tertiary/aromatic N) is 3. The largest absolute Gasteiger partial charge is 0.368 e. The van der Waals surface area contributed by atoms with Crippen molar-refractivity contribution in [3.05, 3.63) is 29.5 Å². The molecule has 0 aliphatic rings. The monoisotopic (exact) mass is 348 g/mol. The molecule has 2 heterocycles. The van der Waals surface area contributed by atoms with Crippen molar-refractivity contribution in [2.45, 2.75) is 26.3 Å². The van der Waals surface area contributed by atoms with Crippen molar-refractivity contribution in [3.63, 3.8) is 0 Å². The Morgan fingerprint density at radius 3 is 2.58 bits per heavy atom. The second-order valence-corrected chi connectivity index (χ2v) is 6.13. The van der Waals surface area contributed by atoms with E-state index in [1.54, 1.807) is 24.1 Å². The summed E-state index contributed by atoms with van der Waals surface area (Å²) in [5.41, 5.74) is 12.0. The maximum absolute atomic E-state index is 11.6. The molecule has 5 N–H and O–H groups in total. The molecule has 2 amide bonds. The number of primary amides is 2. The highest BCUT2D eigenvalue weighted by atomic mass is 32.1. The molecular weight excluding hydrogens is 328 g/mol. The van der Waals surface area contributed by atoms with Gasteiger partial charge in [-0.1, -0.05) is 6.92 Å². The van der Waals surface area contributed by atoms with Gasteiger partial charge in [0.05, 0.1) is 11.3 Å². The normalized spacial score (nSPS) is 11.8. The molecule has 0 spiro atoms. The zero-order valence-corrected chi connectivity index (χ0v) is 14.6. The maximum Gasteiger partial charge on any atom is 0.252 e. The summed E-state index contributed by atoms with van der Waals surface area (Å²) in [6.45, 7) is 3.73. The van der Waals surface area contributed by atoms with E-state index < -0.39 is 17.9 Å². The fourth-order valence-electron chi connectivity index (χ4n) is 2.30. The molecule has 0 aliphatic heterocycles. The molecule has 0 aromatic carbocycles. The lowest BCUT2D eigenvalue weighted by atomic mass is 10.1. The van der Waals surface area contributed by atoms with Crippen LogP contribution in [0, 0.1) is 6.92 Å². The molecule has 0 saturated carbocycles. The molecule has 1 unspecified atom stereocenters. The van der Waals surface area contributed by atoms with Gasteiger partial charge in [-0.2, -0.15) is 4.37 Å². The minimum absolute atomic E-state index is 0.255. The van der Waals surface area contributed by atoms with Gasteiger partial charge in [0.2, 0.25) is 5.91 Å². The number of nitrogens with two attached hydrogens (primary N) is 2. The van der Waals surface area contributed by atoms with Gasteiger partial charge in [0, 0.05) is 7.05 Å². The van der Waals surface area contributed by atoms with E-state index in [1.807, 2.05) is 19.9 Å². The third-order valence-electron chi connectivity index (χ3n) is 3.56. The number of amides is 2. The zero-order chi connectivity index (χ0) is 17.9. The molecule has 24 heavy (non-hydrogen) atoms. The zero-order valence-electron chi connectivity index (χ0n) is 13.7.